The molecule has 3 nitrogen and oxygen atoms in total. The molecule has 0 fully saturated rings. The van der Waals surface area contributed by atoms with Crippen molar-refractivity contribution in [2.24, 2.45) is 0 Å². The van der Waals surface area contributed by atoms with Crippen molar-refractivity contribution in [1.29, 1.82) is 0 Å². The molecule has 0 aliphatic heterocycles. The summed E-state index contributed by atoms with van der Waals surface area (Å²) < 4.78 is 35.2. The number of alkyl halides is 3. The van der Waals surface area contributed by atoms with Crippen molar-refractivity contribution in [3.63, 3.8) is 0 Å². The van der Waals surface area contributed by atoms with Gasteiger partial charge < -0.3 is 0 Å². The average Bonchev–Trinajstić information content (AvgIpc) is 2.28. The summed E-state index contributed by atoms with van der Waals surface area (Å²) in [5, 5.41) is 0. The minimum Gasteiger partial charge on any atom is -0.293 e. The van der Waals surface area contributed by atoms with E-state index in [1.165, 1.54) is 12.1 Å². The van der Waals surface area contributed by atoms with Gasteiger partial charge in [0, 0.05) is 6.42 Å². The van der Waals surface area contributed by atoms with E-state index in [4.69, 9.17) is 0 Å². The van der Waals surface area contributed by atoms with Crippen molar-refractivity contribution in [3.05, 3.63) is 35.9 Å². The summed E-state index contributed by atoms with van der Waals surface area (Å²) in [4.78, 5) is 20.0. The van der Waals surface area contributed by atoms with Crippen molar-refractivity contribution in [1.82, 2.24) is 0 Å². The molecular weight excluding hydrogens is 237 g/mol. The molecular formula is C11H11F3O3. The molecule has 0 aliphatic rings. The highest BCUT2D eigenvalue weighted by molar-refractivity contribution is 5.88. The van der Waals surface area contributed by atoms with Crippen molar-refractivity contribution < 1.29 is 27.7 Å². The Balaban J connectivity index is 2.18. The van der Waals surface area contributed by atoms with E-state index in [9.17, 15) is 18.0 Å². The van der Waals surface area contributed by atoms with Gasteiger partial charge in [-0.15, -0.1) is 0 Å². The fourth-order valence-corrected chi connectivity index (χ4v) is 1.05. The highest BCUT2D eigenvalue weighted by Crippen LogP contribution is 2.21. The van der Waals surface area contributed by atoms with E-state index in [0.29, 0.717) is 0 Å². The normalized spacial score (nSPS) is 11.2. The van der Waals surface area contributed by atoms with Crippen molar-refractivity contribution >= 4 is 5.97 Å². The fraction of sp³-hybridized carbons (Fsp3) is 0.364. The first-order chi connectivity index (χ1) is 7.99. The lowest BCUT2D eigenvalue weighted by molar-refractivity contribution is -0.245. The van der Waals surface area contributed by atoms with Crippen LogP contribution in [-0.4, -0.2) is 18.8 Å². The van der Waals surface area contributed by atoms with Gasteiger partial charge in [0.15, 0.2) is 0 Å². The van der Waals surface area contributed by atoms with Crippen LogP contribution in [0.5, 0.6) is 0 Å². The number of carbonyl (C=O) groups is 1. The minimum absolute atomic E-state index is 0.244. The van der Waals surface area contributed by atoms with E-state index in [-0.39, 0.29) is 18.6 Å². The molecule has 1 aromatic rings. The van der Waals surface area contributed by atoms with Crippen LogP contribution < -0.4 is 0 Å². The third-order valence-electron chi connectivity index (χ3n) is 1.83. The van der Waals surface area contributed by atoms with Gasteiger partial charge in [-0.1, -0.05) is 18.2 Å². The number of benzene rings is 1. The Morgan fingerprint density at radius 3 is 2.41 bits per heavy atom. The lowest BCUT2D eigenvalue weighted by Crippen LogP contribution is -2.11. The Labute approximate surface area is 96.1 Å². The van der Waals surface area contributed by atoms with Gasteiger partial charge in [0.2, 0.25) is 0 Å². The molecule has 0 aromatic heterocycles. The molecule has 0 saturated heterocycles. The van der Waals surface area contributed by atoms with Crippen molar-refractivity contribution in [2.75, 3.05) is 6.61 Å². The molecule has 0 bridgehead atoms. The maximum absolute atomic E-state index is 11.7. The Kier molecular flexibility index (Phi) is 4.96. The Hall–Kier alpha value is -1.56. The molecule has 0 atom stereocenters. The Morgan fingerprint density at radius 1 is 1.18 bits per heavy atom. The summed E-state index contributed by atoms with van der Waals surface area (Å²) in [6.45, 7) is -0.280. The van der Waals surface area contributed by atoms with E-state index in [2.05, 4.69) is 9.78 Å². The quantitative estimate of drug-likeness (QED) is 0.456. The van der Waals surface area contributed by atoms with Crippen molar-refractivity contribution in [2.45, 2.75) is 19.0 Å². The lowest BCUT2D eigenvalue weighted by Gasteiger charge is -2.06. The zero-order valence-electron chi connectivity index (χ0n) is 8.87. The third kappa shape index (κ3) is 5.91. The van der Waals surface area contributed by atoms with Crippen LogP contribution in [0.1, 0.15) is 23.2 Å². The van der Waals surface area contributed by atoms with Gasteiger partial charge in [-0.05, 0) is 18.6 Å². The first-order valence-electron chi connectivity index (χ1n) is 4.94. The fourth-order valence-electron chi connectivity index (χ4n) is 1.05. The number of hydrogen-bond donors (Lipinski definition) is 0. The molecule has 6 heteroatoms. The molecule has 17 heavy (non-hydrogen) atoms. The zero-order valence-corrected chi connectivity index (χ0v) is 8.87. The molecule has 94 valence electrons. The molecule has 0 N–H and O–H groups in total. The number of rotatable bonds is 5. The van der Waals surface area contributed by atoms with Crippen LogP contribution in [0, 0.1) is 0 Å². The standard InChI is InChI=1S/C11H11F3O3/c12-11(13,14)7-4-8-16-17-10(15)9-5-2-1-3-6-9/h1-3,5-6H,4,7-8H2. The van der Waals surface area contributed by atoms with Crippen LogP contribution in [0.25, 0.3) is 0 Å². The maximum atomic E-state index is 11.7. The Bertz CT molecular complexity index is 349. The number of hydrogen-bond acceptors (Lipinski definition) is 3. The predicted molar refractivity (Wildman–Crippen MR) is 53.1 cm³/mol. The maximum Gasteiger partial charge on any atom is 0.389 e. The summed E-state index contributed by atoms with van der Waals surface area (Å²) in [5.74, 6) is -0.724. The average molecular weight is 248 g/mol. The molecule has 1 aromatic carbocycles. The molecule has 0 heterocycles. The van der Waals surface area contributed by atoms with Crippen LogP contribution in [0.2, 0.25) is 0 Å². The molecule has 1 rings (SSSR count). The van der Waals surface area contributed by atoms with E-state index < -0.39 is 18.6 Å². The lowest BCUT2D eigenvalue weighted by atomic mass is 10.2. The van der Waals surface area contributed by atoms with Gasteiger partial charge in [0.1, 0.15) is 0 Å². The number of halogens is 3. The van der Waals surface area contributed by atoms with E-state index in [0.717, 1.165) is 0 Å². The first-order valence-corrected chi connectivity index (χ1v) is 4.94. The SMILES string of the molecule is O=C(OOCCCC(F)(F)F)c1ccccc1. The summed E-state index contributed by atoms with van der Waals surface area (Å²) >= 11 is 0. The second kappa shape index (κ2) is 6.24. The van der Waals surface area contributed by atoms with Gasteiger partial charge in [-0.3, -0.25) is 4.89 Å². The van der Waals surface area contributed by atoms with Crippen LogP contribution in [0.4, 0.5) is 13.2 Å². The highest BCUT2D eigenvalue weighted by Gasteiger charge is 2.26. The monoisotopic (exact) mass is 248 g/mol. The van der Waals surface area contributed by atoms with Crippen LogP contribution in [0.15, 0.2) is 30.3 Å². The first kappa shape index (κ1) is 13.5. The third-order valence-corrected chi connectivity index (χ3v) is 1.83. The summed E-state index contributed by atoms with van der Waals surface area (Å²) in [5.41, 5.74) is 0.281. The smallest absolute Gasteiger partial charge is 0.293 e. The van der Waals surface area contributed by atoms with E-state index in [1.807, 2.05) is 0 Å². The van der Waals surface area contributed by atoms with Gasteiger partial charge >= 0.3 is 12.1 Å². The summed E-state index contributed by atoms with van der Waals surface area (Å²) in [6, 6.07) is 8.03. The number of carbonyl (C=O) groups excluding carboxylic acids is 1. The molecule has 0 spiro atoms. The Morgan fingerprint density at radius 2 is 1.82 bits per heavy atom. The molecule has 0 radical (unpaired) electrons. The summed E-state index contributed by atoms with van der Waals surface area (Å²) in [7, 11) is 0. The zero-order chi connectivity index (χ0) is 12.7. The van der Waals surface area contributed by atoms with Gasteiger partial charge in [0.05, 0.1) is 12.2 Å². The van der Waals surface area contributed by atoms with Gasteiger partial charge in [0.25, 0.3) is 0 Å². The molecule has 0 saturated carbocycles. The van der Waals surface area contributed by atoms with E-state index >= 15 is 0 Å². The molecule has 0 aliphatic carbocycles. The predicted octanol–water partition coefficient (Wildman–Crippen LogP) is 3.12. The molecule has 0 amide bonds. The minimum atomic E-state index is -4.22. The van der Waals surface area contributed by atoms with Crippen LogP contribution in [-0.2, 0) is 9.78 Å². The summed E-state index contributed by atoms with van der Waals surface area (Å²) in [6.07, 6.45) is -5.42. The highest BCUT2D eigenvalue weighted by atomic mass is 19.4. The largest absolute Gasteiger partial charge is 0.389 e. The second-order valence-corrected chi connectivity index (χ2v) is 3.28. The van der Waals surface area contributed by atoms with Gasteiger partial charge in [-0.2, -0.15) is 18.1 Å². The van der Waals surface area contributed by atoms with Gasteiger partial charge in [-0.25, -0.2) is 4.79 Å². The van der Waals surface area contributed by atoms with Crippen LogP contribution >= 0.6 is 0 Å². The van der Waals surface area contributed by atoms with Crippen molar-refractivity contribution in [3.8, 4) is 0 Å². The molecule has 0 unspecified atom stereocenters. The second-order valence-electron chi connectivity index (χ2n) is 3.28. The van der Waals surface area contributed by atoms with Crippen LogP contribution in [0.3, 0.4) is 0 Å². The topological polar surface area (TPSA) is 35.5 Å². The van der Waals surface area contributed by atoms with E-state index in [1.54, 1.807) is 18.2 Å².